The summed E-state index contributed by atoms with van der Waals surface area (Å²) in [6.07, 6.45) is 13.8. The third kappa shape index (κ3) is 4.17. The highest BCUT2D eigenvalue weighted by molar-refractivity contribution is 4.93. The van der Waals surface area contributed by atoms with E-state index in [4.69, 9.17) is 15.3 Å². The van der Waals surface area contributed by atoms with E-state index < -0.39 is 0 Å². The Labute approximate surface area is 123 Å². The fourth-order valence-corrected chi connectivity index (χ4v) is 3.94. The second kappa shape index (κ2) is 8.32. The lowest BCUT2D eigenvalue weighted by Gasteiger charge is -2.39. The predicted octanol–water partition coefficient (Wildman–Crippen LogP) is 2.91. The molecule has 2 aliphatic rings. The van der Waals surface area contributed by atoms with Gasteiger partial charge in [-0.05, 0) is 44.9 Å². The molecule has 1 saturated carbocycles. The Morgan fingerprint density at radius 2 is 2.00 bits per heavy atom. The Morgan fingerprint density at radius 3 is 2.55 bits per heavy atom. The van der Waals surface area contributed by atoms with Gasteiger partial charge in [-0.15, -0.1) is 0 Å². The first kappa shape index (κ1) is 16.2. The van der Waals surface area contributed by atoms with Gasteiger partial charge < -0.3 is 9.47 Å². The SMILES string of the molecule is COC1(C(CCCC2CCCO2)NN)CCCCCC1. The highest BCUT2D eigenvalue weighted by Crippen LogP contribution is 2.34. The minimum absolute atomic E-state index is 0.0538. The largest absolute Gasteiger partial charge is 0.378 e. The molecule has 2 unspecified atom stereocenters. The molecule has 0 amide bonds. The second-order valence-corrected chi connectivity index (χ2v) is 6.47. The molecule has 2 atom stereocenters. The van der Waals surface area contributed by atoms with Crippen LogP contribution in [0.1, 0.15) is 70.6 Å². The van der Waals surface area contributed by atoms with E-state index in [1.807, 2.05) is 7.11 Å². The summed E-state index contributed by atoms with van der Waals surface area (Å²) in [5.41, 5.74) is 3.00. The molecule has 4 heteroatoms. The van der Waals surface area contributed by atoms with E-state index in [0.717, 1.165) is 32.3 Å². The van der Waals surface area contributed by atoms with Crippen molar-refractivity contribution in [3.05, 3.63) is 0 Å². The number of ether oxygens (including phenoxy) is 2. The normalized spacial score (nSPS) is 28.2. The van der Waals surface area contributed by atoms with E-state index in [-0.39, 0.29) is 11.6 Å². The summed E-state index contributed by atoms with van der Waals surface area (Å²) in [5.74, 6) is 5.85. The van der Waals surface area contributed by atoms with Crippen LogP contribution in [0.3, 0.4) is 0 Å². The lowest BCUT2D eigenvalue weighted by Crippen LogP contribution is -2.54. The van der Waals surface area contributed by atoms with Gasteiger partial charge in [0.1, 0.15) is 0 Å². The molecule has 20 heavy (non-hydrogen) atoms. The number of hydrogen-bond donors (Lipinski definition) is 2. The maximum absolute atomic E-state index is 5.96. The first-order chi connectivity index (χ1) is 9.80. The molecule has 0 aromatic rings. The van der Waals surface area contributed by atoms with Crippen LogP contribution in [-0.4, -0.2) is 31.5 Å². The highest BCUT2D eigenvalue weighted by Gasteiger charge is 2.38. The molecule has 4 nitrogen and oxygen atoms in total. The van der Waals surface area contributed by atoms with Gasteiger partial charge in [-0.3, -0.25) is 11.3 Å². The van der Waals surface area contributed by atoms with Gasteiger partial charge >= 0.3 is 0 Å². The number of nitrogens with two attached hydrogens (primary N) is 1. The highest BCUT2D eigenvalue weighted by atomic mass is 16.5. The summed E-state index contributed by atoms with van der Waals surface area (Å²) in [7, 11) is 1.86. The predicted molar refractivity (Wildman–Crippen MR) is 81.4 cm³/mol. The molecule has 0 radical (unpaired) electrons. The van der Waals surface area contributed by atoms with Crippen molar-refractivity contribution in [2.75, 3.05) is 13.7 Å². The third-order valence-electron chi connectivity index (χ3n) is 5.24. The summed E-state index contributed by atoms with van der Waals surface area (Å²) >= 11 is 0. The van der Waals surface area contributed by atoms with Gasteiger partial charge in [0, 0.05) is 13.7 Å². The lowest BCUT2D eigenvalue weighted by atomic mass is 9.83. The van der Waals surface area contributed by atoms with Crippen molar-refractivity contribution < 1.29 is 9.47 Å². The van der Waals surface area contributed by atoms with Crippen molar-refractivity contribution >= 4 is 0 Å². The smallest absolute Gasteiger partial charge is 0.0844 e. The van der Waals surface area contributed by atoms with Crippen molar-refractivity contribution in [2.24, 2.45) is 5.84 Å². The van der Waals surface area contributed by atoms with Crippen molar-refractivity contribution in [2.45, 2.75) is 88.4 Å². The number of nitrogens with one attached hydrogen (secondary N) is 1. The van der Waals surface area contributed by atoms with Crippen LogP contribution in [0.15, 0.2) is 0 Å². The van der Waals surface area contributed by atoms with Crippen molar-refractivity contribution in [1.29, 1.82) is 0 Å². The van der Waals surface area contributed by atoms with Gasteiger partial charge in [0.25, 0.3) is 0 Å². The molecule has 0 bridgehead atoms. The maximum Gasteiger partial charge on any atom is 0.0844 e. The maximum atomic E-state index is 5.96. The van der Waals surface area contributed by atoms with E-state index in [2.05, 4.69) is 5.43 Å². The molecule has 2 rings (SSSR count). The van der Waals surface area contributed by atoms with Gasteiger partial charge in [0.15, 0.2) is 0 Å². The third-order valence-corrected chi connectivity index (χ3v) is 5.24. The summed E-state index contributed by atoms with van der Waals surface area (Å²) in [4.78, 5) is 0. The number of methoxy groups -OCH3 is 1. The van der Waals surface area contributed by atoms with Gasteiger partial charge in [-0.25, -0.2) is 0 Å². The summed E-state index contributed by atoms with van der Waals surface area (Å²) in [6, 6.07) is 0.270. The Bertz CT molecular complexity index is 259. The molecule has 0 spiro atoms. The summed E-state index contributed by atoms with van der Waals surface area (Å²) in [5, 5.41) is 0. The average molecular weight is 284 g/mol. The average Bonchev–Trinajstić information content (AvgIpc) is 2.87. The molecule has 1 aliphatic heterocycles. The monoisotopic (exact) mass is 284 g/mol. The van der Waals surface area contributed by atoms with Crippen LogP contribution in [0, 0.1) is 0 Å². The standard InChI is InChI=1S/C16H32N2O2/c1-19-16(11-4-2-3-5-12-16)15(18-17)10-6-8-14-9-7-13-20-14/h14-15,18H,2-13,17H2,1H3. The second-order valence-electron chi connectivity index (χ2n) is 6.47. The Hall–Kier alpha value is -0.160. The molecule has 3 N–H and O–H groups in total. The lowest BCUT2D eigenvalue weighted by molar-refractivity contribution is -0.0559. The summed E-state index contributed by atoms with van der Waals surface area (Å²) < 4.78 is 11.7. The zero-order valence-corrected chi connectivity index (χ0v) is 13.0. The first-order valence-corrected chi connectivity index (χ1v) is 8.43. The summed E-state index contributed by atoms with van der Waals surface area (Å²) in [6.45, 7) is 0.950. The van der Waals surface area contributed by atoms with Crippen molar-refractivity contribution in [1.82, 2.24) is 5.43 Å². The van der Waals surface area contributed by atoms with Crippen LogP contribution in [0.5, 0.6) is 0 Å². The first-order valence-electron chi connectivity index (χ1n) is 8.43. The molecular weight excluding hydrogens is 252 g/mol. The van der Waals surface area contributed by atoms with Crippen LogP contribution >= 0.6 is 0 Å². The molecule has 2 fully saturated rings. The zero-order chi connectivity index (χ0) is 14.3. The molecule has 1 heterocycles. The van der Waals surface area contributed by atoms with E-state index in [0.29, 0.717) is 6.10 Å². The molecule has 1 aliphatic carbocycles. The fraction of sp³-hybridized carbons (Fsp3) is 1.00. The Morgan fingerprint density at radius 1 is 1.25 bits per heavy atom. The van der Waals surface area contributed by atoms with Crippen molar-refractivity contribution in [3.8, 4) is 0 Å². The zero-order valence-electron chi connectivity index (χ0n) is 13.0. The fourth-order valence-electron chi connectivity index (χ4n) is 3.94. The van der Waals surface area contributed by atoms with Crippen LogP contribution in [0.4, 0.5) is 0 Å². The van der Waals surface area contributed by atoms with Gasteiger partial charge in [0.2, 0.25) is 0 Å². The van der Waals surface area contributed by atoms with Gasteiger partial charge in [0.05, 0.1) is 17.7 Å². The molecular formula is C16H32N2O2. The molecule has 0 aromatic heterocycles. The van der Waals surface area contributed by atoms with E-state index in [1.165, 1.54) is 44.9 Å². The quantitative estimate of drug-likeness (QED) is 0.429. The van der Waals surface area contributed by atoms with E-state index >= 15 is 0 Å². The molecule has 118 valence electrons. The van der Waals surface area contributed by atoms with E-state index in [9.17, 15) is 0 Å². The van der Waals surface area contributed by atoms with Crippen LogP contribution in [-0.2, 0) is 9.47 Å². The minimum Gasteiger partial charge on any atom is -0.378 e. The number of rotatable bonds is 7. The molecule has 1 saturated heterocycles. The topological polar surface area (TPSA) is 56.5 Å². The van der Waals surface area contributed by atoms with Crippen LogP contribution in [0.2, 0.25) is 0 Å². The van der Waals surface area contributed by atoms with Crippen LogP contribution in [0.25, 0.3) is 0 Å². The van der Waals surface area contributed by atoms with Crippen LogP contribution < -0.4 is 11.3 Å². The van der Waals surface area contributed by atoms with Gasteiger partial charge in [-0.1, -0.05) is 25.7 Å². The van der Waals surface area contributed by atoms with Gasteiger partial charge in [-0.2, -0.15) is 0 Å². The Balaban J connectivity index is 1.83. The Kier molecular flexibility index (Phi) is 6.75. The number of hydrazine groups is 1. The van der Waals surface area contributed by atoms with Crippen molar-refractivity contribution in [3.63, 3.8) is 0 Å². The molecule has 0 aromatic carbocycles. The number of hydrogen-bond acceptors (Lipinski definition) is 4. The van der Waals surface area contributed by atoms with E-state index in [1.54, 1.807) is 0 Å². The minimum atomic E-state index is -0.0538.